The van der Waals surface area contributed by atoms with Gasteiger partial charge in [0.15, 0.2) is 0 Å². The first-order valence-corrected chi connectivity index (χ1v) is 9.75. The average molecular weight is 371 g/mol. The number of para-hydroxylation sites is 2. The van der Waals surface area contributed by atoms with E-state index in [4.69, 9.17) is 0 Å². The molecule has 0 aliphatic carbocycles. The molecule has 1 aliphatic heterocycles. The van der Waals surface area contributed by atoms with Gasteiger partial charge in [-0.1, -0.05) is 19.1 Å². The Hall–Kier alpha value is -3.06. The molecule has 4 rings (SSSR count). The SMILES string of the molecule is Cc1cc2c(cc1/C=C(/C#N)c1nc3ccccc3[nH]1)[C@@H](C)CC(C)(C)N2C. The van der Waals surface area contributed by atoms with Gasteiger partial charge < -0.3 is 9.88 Å². The quantitative estimate of drug-likeness (QED) is 0.592. The van der Waals surface area contributed by atoms with Gasteiger partial charge in [-0.25, -0.2) is 4.98 Å². The molecule has 1 aromatic heterocycles. The molecule has 0 saturated heterocycles. The van der Waals surface area contributed by atoms with E-state index in [1.165, 1.54) is 16.8 Å². The summed E-state index contributed by atoms with van der Waals surface area (Å²) >= 11 is 0. The van der Waals surface area contributed by atoms with Crippen molar-refractivity contribution in [1.82, 2.24) is 9.97 Å². The molecule has 3 aromatic rings. The summed E-state index contributed by atoms with van der Waals surface area (Å²) in [4.78, 5) is 10.2. The zero-order valence-electron chi connectivity index (χ0n) is 17.2. The van der Waals surface area contributed by atoms with Crippen molar-refractivity contribution in [1.29, 1.82) is 5.26 Å². The number of benzene rings is 2. The molecule has 2 aromatic carbocycles. The molecule has 28 heavy (non-hydrogen) atoms. The number of hydrogen-bond donors (Lipinski definition) is 1. The van der Waals surface area contributed by atoms with E-state index in [0.29, 0.717) is 17.3 Å². The molecular formula is C24H26N4. The number of fused-ring (bicyclic) bond motifs is 2. The number of aryl methyl sites for hydroxylation is 1. The number of hydrogen-bond acceptors (Lipinski definition) is 3. The Kier molecular flexibility index (Phi) is 4.27. The Balaban J connectivity index is 1.81. The lowest BCUT2D eigenvalue weighted by Crippen LogP contribution is -2.45. The van der Waals surface area contributed by atoms with Gasteiger partial charge in [0, 0.05) is 18.3 Å². The van der Waals surface area contributed by atoms with Crippen LogP contribution in [0, 0.1) is 18.3 Å². The lowest BCUT2D eigenvalue weighted by atomic mass is 9.79. The van der Waals surface area contributed by atoms with Crippen LogP contribution in [-0.4, -0.2) is 22.6 Å². The number of nitriles is 1. The molecule has 0 unspecified atom stereocenters. The number of allylic oxidation sites excluding steroid dienone is 1. The lowest BCUT2D eigenvalue weighted by Gasteiger charge is -2.45. The van der Waals surface area contributed by atoms with Gasteiger partial charge >= 0.3 is 0 Å². The van der Waals surface area contributed by atoms with Crippen LogP contribution in [-0.2, 0) is 0 Å². The van der Waals surface area contributed by atoms with Crippen molar-refractivity contribution in [3.63, 3.8) is 0 Å². The first-order valence-electron chi connectivity index (χ1n) is 9.75. The van der Waals surface area contributed by atoms with Crippen LogP contribution in [0.1, 0.15) is 55.6 Å². The first-order chi connectivity index (χ1) is 13.3. The molecule has 4 nitrogen and oxygen atoms in total. The van der Waals surface area contributed by atoms with Crippen LogP contribution in [0.3, 0.4) is 0 Å². The minimum atomic E-state index is 0.141. The molecule has 0 saturated carbocycles. The number of nitrogens with zero attached hydrogens (tertiary/aromatic N) is 3. The van der Waals surface area contributed by atoms with Crippen LogP contribution >= 0.6 is 0 Å². The summed E-state index contributed by atoms with van der Waals surface area (Å²) in [6, 6.07) is 14.7. The van der Waals surface area contributed by atoms with Crippen LogP contribution in [0.15, 0.2) is 36.4 Å². The standard InChI is InChI=1S/C24H26N4/c1-15-10-22-19(16(2)13-24(3,4)28(22)5)12-17(15)11-18(14-25)23-26-20-8-6-7-9-21(20)27-23/h6-12,16H,13H2,1-5H3,(H,26,27)/b18-11-/t16-/m0/s1. The third-order valence-corrected chi connectivity index (χ3v) is 6.09. The number of imidazole rings is 1. The van der Waals surface area contributed by atoms with Crippen molar-refractivity contribution in [2.45, 2.75) is 45.6 Å². The first kappa shape index (κ1) is 18.3. The summed E-state index contributed by atoms with van der Waals surface area (Å²) in [5.74, 6) is 1.10. The topological polar surface area (TPSA) is 55.7 Å². The van der Waals surface area contributed by atoms with E-state index in [2.05, 4.69) is 67.8 Å². The van der Waals surface area contributed by atoms with Gasteiger partial charge in [0.05, 0.1) is 16.6 Å². The molecule has 142 valence electrons. The van der Waals surface area contributed by atoms with Gasteiger partial charge in [0.2, 0.25) is 0 Å². The zero-order chi connectivity index (χ0) is 20.1. The fourth-order valence-electron chi connectivity index (χ4n) is 4.28. The predicted molar refractivity (Wildman–Crippen MR) is 116 cm³/mol. The highest BCUT2D eigenvalue weighted by molar-refractivity contribution is 5.91. The van der Waals surface area contributed by atoms with Gasteiger partial charge in [-0.3, -0.25) is 0 Å². The Bertz CT molecular complexity index is 1090. The van der Waals surface area contributed by atoms with E-state index >= 15 is 0 Å². The van der Waals surface area contributed by atoms with E-state index in [0.717, 1.165) is 23.0 Å². The molecule has 4 heteroatoms. The molecule has 0 amide bonds. The Morgan fingerprint density at radius 3 is 2.79 bits per heavy atom. The predicted octanol–water partition coefficient (Wildman–Crippen LogP) is 5.66. The van der Waals surface area contributed by atoms with Gasteiger partial charge in [-0.05, 0) is 80.1 Å². The third kappa shape index (κ3) is 2.97. The Morgan fingerprint density at radius 2 is 2.07 bits per heavy atom. The minimum Gasteiger partial charge on any atom is -0.369 e. The van der Waals surface area contributed by atoms with Crippen molar-refractivity contribution in [3.05, 3.63) is 58.9 Å². The fourth-order valence-corrected chi connectivity index (χ4v) is 4.28. The lowest BCUT2D eigenvalue weighted by molar-refractivity contribution is 0.395. The average Bonchev–Trinajstić information content (AvgIpc) is 3.08. The van der Waals surface area contributed by atoms with Crippen LogP contribution in [0.2, 0.25) is 0 Å². The van der Waals surface area contributed by atoms with Crippen molar-refractivity contribution in [3.8, 4) is 6.07 Å². The van der Waals surface area contributed by atoms with Crippen molar-refractivity contribution in [2.75, 3.05) is 11.9 Å². The van der Waals surface area contributed by atoms with E-state index < -0.39 is 0 Å². The van der Waals surface area contributed by atoms with Gasteiger partial charge in [0.1, 0.15) is 11.9 Å². The monoisotopic (exact) mass is 370 g/mol. The molecule has 0 bridgehead atoms. The number of nitrogens with one attached hydrogen (secondary N) is 1. The largest absolute Gasteiger partial charge is 0.369 e. The van der Waals surface area contributed by atoms with Crippen molar-refractivity contribution >= 4 is 28.4 Å². The number of aromatic amines is 1. The van der Waals surface area contributed by atoms with Crippen LogP contribution < -0.4 is 4.90 Å². The summed E-state index contributed by atoms with van der Waals surface area (Å²) in [6.45, 7) is 9.00. The van der Waals surface area contributed by atoms with Crippen LogP contribution in [0.25, 0.3) is 22.7 Å². The third-order valence-electron chi connectivity index (χ3n) is 6.09. The smallest absolute Gasteiger partial charge is 0.149 e. The summed E-state index contributed by atoms with van der Waals surface area (Å²) < 4.78 is 0. The maximum atomic E-state index is 9.77. The van der Waals surface area contributed by atoms with E-state index in [1.807, 2.05) is 30.3 Å². The number of aromatic nitrogens is 2. The second-order valence-corrected chi connectivity index (χ2v) is 8.52. The second kappa shape index (κ2) is 6.53. The summed E-state index contributed by atoms with van der Waals surface area (Å²) in [5, 5.41) is 9.77. The number of H-pyrrole nitrogens is 1. The summed E-state index contributed by atoms with van der Waals surface area (Å²) in [7, 11) is 2.18. The zero-order valence-corrected chi connectivity index (χ0v) is 17.2. The van der Waals surface area contributed by atoms with E-state index in [1.54, 1.807) is 0 Å². The molecule has 0 spiro atoms. The normalized spacial score (nSPS) is 18.8. The fraction of sp³-hybridized carbons (Fsp3) is 0.333. The second-order valence-electron chi connectivity index (χ2n) is 8.52. The maximum Gasteiger partial charge on any atom is 0.149 e. The van der Waals surface area contributed by atoms with Crippen LogP contribution in [0.5, 0.6) is 0 Å². The van der Waals surface area contributed by atoms with Gasteiger partial charge in [0.25, 0.3) is 0 Å². The molecule has 0 fully saturated rings. The maximum absolute atomic E-state index is 9.77. The van der Waals surface area contributed by atoms with Gasteiger partial charge in [-0.2, -0.15) is 5.26 Å². The van der Waals surface area contributed by atoms with Crippen LogP contribution in [0.4, 0.5) is 5.69 Å². The summed E-state index contributed by atoms with van der Waals surface area (Å²) in [6.07, 6.45) is 3.07. The molecule has 1 aliphatic rings. The minimum absolute atomic E-state index is 0.141. The van der Waals surface area contributed by atoms with E-state index in [9.17, 15) is 5.26 Å². The Labute approximate surface area is 166 Å². The molecule has 1 atom stereocenters. The Morgan fingerprint density at radius 1 is 1.32 bits per heavy atom. The highest BCUT2D eigenvalue weighted by atomic mass is 15.2. The highest BCUT2D eigenvalue weighted by Crippen LogP contribution is 2.43. The number of anilines is 1. The number of rotatable bonds is 2. The summed E-state index contributed by atoms with van der Waals surface area (Å²) in [5.41, 5.74) is 7.40. The molecule has 1 N–H and O–H groups in total. The van der Waals surface area contributed by atoms with Crippen molar-refractivity contribution in [2.24, 2.45) is 0 Å². The molecule has 0 radical (unpaired) electrons. The van der Waals surface area contributed by atoms with Gasteiger partial charge in [-0.15, -0.1) is 0 Å². The molecular weight excluding hydrogens is 344 g/mol. The highest BCUT2D eigenvalue weighted by Gasteiger charge is 2.34. The van der Waals surface area contributed by atoms with Crippen molar-refractivity contribution < 1.29 is 0 Å². The molecule has 2 heterocycles. The van der Waals surface area contributed by atoms with E-state index in [-0.39, 0.29) is 5.54 Å².